The van der Waals surface area contributed by atoms with Crippen LogP contribution in [0.5, 0.6) is 0 Å². The van der Waals surface area contributed by atoms with Gasteiger partial charge in [-0.1, -0.05) is 48.0 Å². The van der Waals surface area contributed by atoms with Crippen molar-refractivity contribution in [2.45, 2.75) is 33.4 Å². The van der Waals surface area contributed by atoms with Gasteiger partial charge in [0.1, 0.15) is 0 Å². The van der Waals surface area contributed by atoms with Gasteiger partial charge in [-0.3, -0.25) is 13.9 Å². The number of nitrogens with zero attached hydrogens (tertiary/aromatic N) is 5. The summed E-state index contributed by atoms with van der Waals surface area (Å²) in [6.07, 6.45) is 0.896. The van der Waals surface area contributed by atoms with Crippen molar-refractivity contribution in [2.75, 3.05) is 11.4 Å². The normalized spacial score (nSPS) is 13.6. The minimum absolute atomic E-state index is 0.240. The van der Waals surface area contributed by atoms with Crippen LogP contribution in [0.3, 0.4) is 0 Å². The summed E-state index contributed by atoms with van der Waals surface area (Å²) in [6.45, 7) is 5.84. The Hall–Kier alpha value is -3.61. The van der Waals surface area contributed by atoms with Gasteiger partial charge >= 0.3 is 5.69 Å². The molecule has 0 fully saturated rings. The average molecular weight is 415 g/mol. The minimum atomic E-state index is -0.351. The van der Waals surface area contributed by atoms with Gasteiger partial charge in [-0.25, -0.2) is 4.79 Å². The number of aromatic nitrogens is 4. The van der Waals surface area contributed by atoms with Crippen LogP contribution in [0.2, 0.25) is 0 Å². The molecule has 0 saturated carbocycles. The van der Waals surface area contributed by atoms with Crippen LogP contribution in [0, 0.1) is 13.8 Å². The highest BCUT2D eigenvalue weighted by atomic mass is 16.2. The largest absolute Gasteiger partial charge is 0.332 e. The van der Waals surface area contributed by atoms with Gasteiger partial charge in [0.25, 0.3) is 5.56 Å². The first-order chi connectivity index (χ1) is 15.0. The molecule has 0 aliphatic carbocycles. The summed E-state index contributed by atoms with van der Waals surface area (Å²) in [4.78, 5) is 33.5. The van der Waals surface area contributed by atoms with Crippen LogP contribution in [0.15, 0.2) is 58.1 Å². The lowest BCUT2D eigenvalue weighted by molar-refractivity contribution is 0.597. The Morgan fingerprint density at radius 1 is 0.968 bits per heavy atom. The molecule has 2 aromatic heterocycles. The Labute approximate surface area is 179 Å². The second-order valence-corrected chi connectivity index (χ2v) is 8.25. The quantitative estimate of drug-likeness (QED) is 0.516. The summed E-state index contributed by atoms with van der Waals surface area (Å²) < 4.78 is 4.78. The fraction of sp³-hybridized carbons (Fsp3) is 0.292. The van der Waals surface area contributed by atoms with E-state index in [1.165, 1.54) is 9.13 Å². The molecule has 0 saturated heterocycles. The van der Waals surface area contributed by atoms with E-state index in [0.717, 1.165) is 41.3 Å². The summed E-state index contributed by atoms with van der Waals surface area (Å²) in [5.41, 5.74) is 4.57. The number of rotatable bonds is 3. The van der Waals surface area contributed by atoms with Crippen molar-refractivity contribution in [2.24, 2.45) is 7.05 Å². The number of hydrogen-bond acceptors (Lipinski definition) is 4. The SMILES string of the molecule is Cc1ccc(Cn2c(=O)c3c(nc4n3CCCN4c3ccccc3C)n(C)c2=O)cc1. The number of aryl methyl sites for hydroxylation is 4. The Bertz CT molecular complexity index is 1410. The lowest BCUT2D eigenvalue weighted by Crippen LogP contribution is -2.40. The monoisotopic (exact) mass is 415 g/mol. The second kappa shape index (κ2) is 7.27. The number of benzene rings is 2. The van der Waals surface area contributed by atoms with E-state index < -0.39 is 0 Å². The highest BCUT2D eigenvalue weighted by Gasteiger charge is 2.27. The highest BCUT2D eigenvalue weighted by molar-refractivity contribution is 5.77. The van der Waals surface area contributed by atoms with Gasteiger partial charge in [-0.15, -0.1) is 0 Å². The van der Waals surface area contributed by atoms with E-state index in [-0.39, 0.29) is 17.8 Å². The van der Waals surface area contributed by atoms with Crippen LogP contribution < -0.4 is 16.1 Å². The van der Waals surface area contributed by atoms with Gasteiger partial charge in [-0.05, 0) is 37.5 Å². The zero-order chi connectivity index (χ0) is 21.7. The van der Waals surface area contributed by atoms with E-state index in [9.17, 15) is 9.59 Å². The fourth-order valence-corrected chi connectivity index (χ4v) is 4.37. The molecular formula is C24H25N5O2. The number of imidazole rings is 1. The third-order valence-corrected chi connectivity index (χ3v) is 6.08. The minimum Gasteiger partial charge on any atom is -0.312 e. The molecule has 0 atom stereocenters. The Morgan fingerprint density at radius 3 is 2.45 bits per heavy atom. The van der Waals surface area contributed by atoms with Crippen molar-refractivity contribution in [3.63, 3.8) is 0 Å². The molecule has 158 valence electrons. The molecule has 1 aliphatic heterocycles. The molecule has 0 unspecified atom stereocenters. The molecule has 1 aliphatic rings. The molecular weight excluding hydrogens is 390 g/mol. The van der Waals surface area contributed by atoms with Crippen molar-refractivity contribution >= 4 is 22.8 Å². The predicted octanol–water partition coefficient (Wildman–Crippen LogP) is 3.10. The third kappa shape index (κ3) is 3.08. The first kappa shape index (κ1) is 19.4. The lowest BCUT2D eigenvalue weighted by Gasteiger charge is -2.30. The maximum absolute atomic E-state index is 13.5. The van der Waals surface area contributed by atoms with Crippen molar-refractivity contribution < 1.29 is 0 Å². The van der Waals surface area contributed by atoms with Gasteiger partial charge in [0, 0.05) is 25.8 Å². The van der Waals surface area contributed by atoms with Crippen LogP contribution in [-0.2, 0) is 20.1 Å². The molecule has 31 heavy (non-hydrogen) atoms. The van der Waals surface area contributed by atoms with E-state index in [0.29, 0.717) is 17.7 Å². The molecule has 2 aromatic carbocycles. The summed E-state index contributed by atoms with van der Waals surface area (Å²) in [5, 5.41) is 0. The molecule has 0 N–H and O–H groups in total. The van der Waals surface area contributed by atoms with Crippen LogP contribution in [0.4, 0.5) is 11.6 Å². The van der Waals surface area contributed by atoms with Crippen molar-refractivity contribution in [3.05, 3.63) is 86.1 Å². The molecule has 0 spiro atoms. The molecule has 4 aromatic rings. The number of anilines is 2. The Kier molecular flexibility index (Phi) is 4.54. The summed E-state index contributed by atoms with van der Waals surface area (Å²) in [5.74, 6) is 0.718. The van der Waals surface area contributed by atoms with E-state index in [1.807, 2.05) is 47.9 Å². The maximum Gasteiger partial charge on any atom is 0.332 e. The Morgan fingerprint density at radius 2 is 1.71 bits per heavy atom. The smallest absolute Gasteiger partial charge is 0.312 e. The zero-order valence-corrected chi connectivity index (χ0v) is 18.0. The summed E-state index contributed by atoms with van der Waals surface area (Å²) in [6, 6.07) is 16.1. The maximum atomic E-state index is 13.5. The molecule has 0 bridgehead atoms. The van der Waals surface area contributed by atoms with Crippen molar-refractivity contribution in [1.29, 1.82) is 0 Å². The van der Waals surface area contributed by atoms with Crippen LogP contribution in [0.25, 0.3) is 11.2 Å². The van der Waals surface area contributed by atoms with Crippen LogP contribution in [-0.4, -0.2) is 25.2 Å². The first-order valence-electron chi connectivity index (χ1n) is 10.5. The van der Waals surface area contributed by atoms with Gasteiger partial charge in [0.15, 0.2) is 11.2 Å². The summed E-state index contributed by atoms with van der Waals surface area (Å²) in [7, 11) is 1.69. The number of fused-ring (bicyclic) bond motifs is 3. The van der Waals surface area contributed by atoms with Gasteiger partial charge in [-0.2, -0.15) is 4.98 Å². The molecule has 7 heteroatoms. The number of hydrogen-bond donors (Lipinski definition) is 0. The lowest BCUT2D eigenvalue weighted by atomic mass is 10.1. The summed E-state index contributed by atoms with van der Waals surface area (Å²) >= 11 is 0. The topological polar surface area (TPSA) is 65.1 Å². The average Bonchev–Trinajstić information content (AvgIpc) is 3.17. The zero-order valence-electron chi connectivity index (χ0n) is 18.0. The van der Waals surface area contributed by atoms with Crippen molar-refractivity contribution in [3.8, 4) is 0 Å². The second-order valence-electron chi connectivity index (χ2n) is 8.25. The fourth-order valence-electron chi connectivity index (χ4n) is 4.37. The Balaban J connectivity index is 1.71. The molecule has 5 rings (SSSR count). The molecule has 3 heterocycles. The van der Waals surface area contributed by atoms with Crippen molar-refractivity contribution in [1.82, 2.24) is 18.7 Å². The van der Waals surface area contributed by atoms with Crippen LogP contribution in [0.1, 0.15) is 23.1 Å². The predicted molar refractivity (Wildman–Crippen MR) is 122 cm³/mol. The number of para-hydroxylation sites is 1. The molecule has 7 nitrogen and oxygen atoms in total. The van der Waals surface area contributed by atoms with E-state index >= 15 is 0 Å². The van der Waals surface area contributed by atoms with E-state index in [2.05, 4.69) is 24.0 Å². The molecule has 0 amide bonds. The molecule has 0 radical (unpaired) electrons. The van der Waals surface area contributed by atoms with Gasteiger partial charge in [0.2, 0.25) is 5.95 Å². The van der Waals surface area contributed by atoms with Gasteiger partial charge in [0.05, 0.1) is 6.54 Å². The van der Waals surface area contributed by atoms with E-state index in [1.54, 1.807) is 7.05 Å². The van der Waals surface area contributed by atoms with Crippen LogP contribution >= 0.6 is 0 Å². The third-order valence-electron chi connectivity index (χ3n) is 6.08. The van der Waals surface area contributed by atoms with E-state index in [4.69, 9.17) is 4.98 Å². The first-order valence-corrected chi connectivity index (χ1v) is 10.5. The van der Waals surface area contributed by atoms with Gasteiger partial charge < -0.3 is 9.47 Å². The standard InChI is InChI=1S/C24H25N5O2/c1-16-9-11-18(12-10-16)15-29-22(30)20-21(26(3)24(29)31)25-23-27(13-6-14-28(20)23)19-8-5-4-7-17(19)2/h4-5,7-12H,6,13-15H2,1-3H3. The highest BCUT2D eigenvalue weighted by Crippen LogP contribution is 2.32.